The number of amides is 1. The first-order valence-electron chi connectivity index (χ1n) is 8.18. The topological polar surface area (TPSA) is 40.5 Å². The van der Waals surface area contributed by atoms with E-state index in [0.717, 1.165) is 17.5 Å². The Morgan fingerprint density at radius 3 is 2.65 bits per heavy atom. The minimum atomic E-state index is -1.18. The molecule has 4 heteroatoms. The molecule has 2 aromatic rings. The Morgan fingerprint density at radius 2 is 2.04 bits per heavy atom. The predicted molar refractivity (Wildman–Crippen MR) is 93.2 cm³/mol. The summed E-state index contributed by atoms with van der Waals surface area (Å²) < 4.78 is 0. The number of hydrogen-bond donors (Lipinski definition) is 1. The first kappa shape index (κ1) is 16.2. The van der Waals surface area contributed by atoms with Gasteiger partial charge in [0.05, 0.1) is 0 Å². The molecule has 23 heavy (non-hydrogen) atoms. The number of benzene rings is 1. The van der Waals surface area contributed by atoms with Crippen LogP contribution in [0.2, 0.25) is 0 Å². The zero-order valence-corrected chi connectivity index (χ0v) is 14.5. The quantitative estimate of drug-likeness (QED) is 0.908. The molecule has 3 nitrogen and oxygen atoms in total. The minimum absolute atomic E-state index is 0.0725. The monoisotopic (exact) mass is 329 g/mol. The van der Waals surface area contributed by atoms with E-state index in [-0.39, 0.29) is 11.8 Å². The fraction of sp³-hybridized carbons (Fsp3) is 0.421. The van der Waals surface area contributed by atoms with Crippen LogP contribution in [0.1, 0.15) is 35.8 Å². The van der Waals surface area contributed by atoms with Crippen LogP contribution in [0.4, 0.5) is 0 Å². The van der Waals surface area contributed by atoms with Gasteiger partial charge in [0, 0.05) is 29.3 Å². The molecule has 2 atom stereocenters. The lowest BCUT2D eigenvalue weighted by Gasteiger charge is -2.34. The number of hydrogen-bond acceptors (Lipinski definition) is 3. The van der Waals surface area contributed by atoms with Crippen molar-refractivity contribution in [3.05, 3.63) is 57.8 Å². The SMILES string of the molecule is CCCN1C(=O)C(Cc2cccs2)CC1(O)c1ccc(C)cc1. The minimum Gasteiger partial charge on any atom is -0.367 e. The first-order chi connectivity index (χ1) is 11.0. The molecule has 1 aliphatic heterocycles. The molecule has 2 heterocycles. The fourth-order valence-corrected chi connectivity index (χ4v) is 4.17. The molecule has 1 saturated heterocycles. The lowest BCUT2D eigenvalue weighted by atomic mass is 9.93. The van der Waals surface area contributed by atoms with Crippen LogP contribution in [0.5, 0.6) is 0 Å². The molecule has 1 fully saturated rings. The molecule has 0 aliphatic carbocycles. The summed E-state index contributed by atoms with van der Waals surface area (Å²) in [6.45, 7) is 4.65. The number of thiophene rings is 1. The van der Waals surface area contributed by atoms with Gasteiger partial charge in [0.1, 0.15) is 0 Å². The molecule has 1 aromatic heterocycles. The van der Waals surface area contributed by atoms with Crippen molar-refractivity contribution in [3.8, 4) is 0 Å². The molecule has 3 rings (SSSR count). The maximum Gasteiger partial charge on any atom is 0.228 e. The van der Waals surface area contributed by atoms with Crippen molar-refractivity contribution in [2.75, 3.05) is 6.54 Å². The van der Waals surface area contributed by atoms with Crippen LogP contribution in [-0.4, -0.2) is 22.5 Å². The maximum absolute atomic E-state index is 12.8. The highest BCUT2D eigenvalue weighted by molar-refractivity contribution is 7.09. The van der Waals surface area contributed by atoms with E-state index in [1.807, 2.05) is 49.6 Å². The van der Waals surface area contributed by atoms with E-state index in [0.29, 0.717) is 19.4 Å². The van der Waals surface area contributed by atoms with Gasteiger partial charge >= 0.3 is 0 Å². The normalized spacial score (nSPS) is 24.4. The van der Waals surface area contributed by atoms with Crippen LogP contribution >= 0.6 is 11.3 Å². The van der Waals surface area contributed by atoms with Crippen molar-refractivity contribution in [1.82, 2.24) is 4.90 Å². The van der Waals surface area contributed by atoms with Crippen molar-refractivity contribution >= 4 is 17.2 Å². The van der Waals surface area contributed by atoms with Gasteiger partial charge in [-0.3, -0.25) is 4.79 Å². The highest BCUT2D eigenvalue weighted by Gasteiger charge is 2.50. The molecular formula is C19H23NO2S. The van der Waals surface area contributed by atoms with Gasteiger partial charge in [0.2, 0.25) is 5.91 Å². The molecular weight excluding hydrogens is 306 g/mol. The molecule has 2 unspecified atom stereocenters. The third kappa shape index (κ3) is 3.06. The Balaban J connectivity index is 1.91. The summed E-state index contributed by atoms with van der Waals surface area (Å²) in [5.74, 6) is -0.0742. The highest BCUT2D eigenvalue weighted by Crippen LogP contribution is 2.42. The van der Waals surface area contributed by atoms with Crippen LogP contribution < -0.4 is 0 Å². The molecule has 0 saturated carbocycles. The summed E-state index contributed by atoms with van der Waals surface area (Å²) in [6, 6.07) is 11.9. The summed E-state index contributed by atoms with van der Waals surface area (Å²) in [5, 5.41) is 13.4. The van der Waals surface area contributed by atoms with Crippen LogP contribution in [0.25, 0.3) is 0 Å². The zero-order chi connectivity index (χ0) is 16.4. The second-order valence-electron chi connectivity index (χ2n) is 6.36. The van der Waals surface area contributed by atoms with Gasteiger partial charge in [-0.15, -0.1) is 11.3 Å². The summed E-state index contributed by atoms with van der Waals surface area (Å²) in [7, 11) is 0. The lowest BCUT2D eigenvalue weighted by Crippen LogP contribution is -2.43. The third-order valence-corrected chi connectivity index (χ3v) is 5.48. The summed E-state index contributed by atoms with van der Waals surface area (Å²) >= 11 is 1.67. The largest absolute Gasteiger partial charge is 0.367 e. The van der Waals surface area contributed by atoms with Gasteiger partial charge in [0.15, 0.2) is 5.72 Å². The van der Waals surface area contributed by atoms with Gasteiger partial charge in [0.25, 0.3) is 0 Å². The van der Waals surface area contributed by atoms with Crippen molar-refractivity contribution in [2.45, 2.75) is 38.8 Å². The molecule has 0 spiro atoms. The zero-order valence-electron chi connectivity index (χ0n) is 13.7. The first-order valence-corrected chi connectivity index (χ1v) is 9.06. The van der Waals surface area contributed by atoms with Gasteiger partial charge in [-0.25, -0.2) is 0 Å². The van der Waals surface area contributed by atoms with Crippen molar-refractivity contribution in [2.24, 2.45) is 5.92 Å². The highest BCUT2D eigenvalue weighted by atomic mass is 32.1. The van der Waals surface area contributed by atoms with Gasteiger partial charge in [-0.05, 0) is 31.2 Å². The van der Waals surface area contributed by atoms with E-state index in [4.69, 9.17) is 0 Å². The number of carbonyl (C=O) groups excluding carboxylic acids is 1. The van der Waals surface area contributed by atoms with E-state index < -0.39 is 5.72 Å². The second-order valence-corrected chi connectivity index (χ2v) is 7.39. The Morgan fingerprint density at radius 1 is 1.30 bits per heavy atom. The van der Waals surface area contributed by atoms with Crippen molar-refractivity contribution < 1.29 is 9.90 Å². The summed E-state index contributed by atoms with van der Waals surface area (Å²) in [5.41, 5.74) is 0.792. The van der Waals surface area contributed by atoms with Gasteiger partial charge in [-0.2, -0.15) is 0 Å². The van der Waals surface area contributed by atoms with E-state index >= 15 is 0 Å². The number of nitrogens with zero attached hydrogens (tertiary/aromatic N) is 1. The molecule has 122 valence electrons. The Hall–Kier alpha value is -1.65. The molecule has 1 amide bonds. The Labute approximate surface area is 141 Å². The Bertz CT molecular complexity index is 665. The molecule has 1 N–H and O–H groups in total. The molecule has 1 aliphatic rings. The Kier molecular flexibility index (Phi) is 4.55. The van der Waals surface area contributed by atoms with Crippen LogP contribution in [-0.2, 0) is 16.9 Å². The number of rotatable bonds is 5. The van der Waals surface area contributed by atoms with E-state index in [1.54, 1.807) is 16.2 Å². The fourth-order valence-electron chi connectivity index (χ4n) is 3.39. The number of carbonyl (C=O) groups is 1. The summed E-state index contributed by atoms with van der Waals surface area (Å²) in [4.78, 5) is 15.7. The maximum atomic E-state index is 12.8. The number of aliphatic hydroxyl groups is 1. The van der Waals surface area contributed by atoms with Crippen LogP contribution in [0.15, 0.2) is 41.8 Å². The number of aryl methyl sites for hydroxylation is 1. The lowest BCUT2D eigenvalue weighted by molar-refractivity contribution is -0.148. The standard InChI is InChI=1S/C19H23NO2S/c1-3-10-20-18(21)15(12-17-5-4-11-23-17)13-19(20,22)16-8-6-14(2)7-9-16/h4-9,11,15,22H,3,10,12-13H2,1-2H3. The van der Waals surface area contributed by atoms with E-state index in [9.17, 15) is 9.90 Å². The van der Waals surface area contributed by atoms with E-state index in [1.165, 1.54) is 4.88 Å². The summed E-state index contributed by atoms with van der Waals surface area (Å²) in [6.07, 6.45) is 2.02. The van der Waals surface area contributed by atoms with Gasteiger partial charge < -0.3 is 10.0 Å². The van der Waals surface area contributed by atoms with Crippen LogP contribution in [0, 0.1) is 12.8 Å². The van der Waals surface area contributed by atoms with Crippen molar-refractivity contribution in [1.29, 1.82) is 0 Å². The smallest absolute Gasteiger partial charge is 0.228 e. The molecule has 0 bridgehead atoms. The van der Waals surface area contributed by atoms with E-state index in [2.05, 4.69) is 6.07 Å². The van der Waals surface area contributed by atoms with Crippen molar-refractivity contribution in [3.63, 3.8) is 0 Å². The second kappa shape index (κ2) is 6.46. The van der Waals surface area contributed by atoms with Gasteiger partial charge in [-0.1, -0.05) is 42.8 Å². The predicted octanol–water partition coefficient (Wildman–Crippen LogP) is 3.70. The third-order valence-electron chi connectivity index (χ3n) is 4.58. The molecule has 0 radical (unpaired) electrons. The number of likely N-dealkylation sites (tertiary alicyclic amines) is 1. The average Bonchev–Trinajstić information content (AvgIpc) is 3.12. The average molecular weight is 329 g/mol. The molecule has 1 aromatic carbocycles. The van der Waals surface area contributed by atoms with Crippen LogP contribution in [0.3, 0.4) is 0 Å².